The fraction of sp³-hybridized carbons (Fsp3) is 0.111. The van der Waals surface area contributed by atoms with Gasteiger partial charge in [-0.25, -0.2) is 23.2 Å². The van der Waals surface area contributed by atoms with E-state index in [0.29, 0.717) is 16.4 Å². The van der Waals surface area contributed by atoms with Gasteiger partial charge < -0.3 is 9.15 Å². The quantitative estimate of drug-likeness (QED) is 0.304. The highest BCUT2D eigenvalue weighted by molar-refractivity contribution is 7.92. The Hall–Kier alpha value is -4.55. The summed E-state index contributed by atoms with van der Waals surface area (Å²) in [5, 5.41) is 9.04. The molecule has 1 atom stereocenters. The molecule has 5 aromatic rings. The average molecular weight is 498 g/mol. The van der Waals surface area contributed by atoms with Crippen molar-refractivity contribution < 1.29 is 17.6 Å². The van der Waals surface area contributed by atoms with E-state index in [0.717, 1.165) is 11.1 Å². The summed E-state index contributed by atoms with van der Waals surface area (Å²) in [7, 11) is -4.17. The van der Waals surface area contributed by atoms with Crippen LogP contribution in [0, 0.1) is 25.2 Å². The zero-order valence-corrected chi connectivity index (χ0v) is 20.1. The molecule has 0 saturated heterocycles. The van der Waals surface area contributed by atoms with Gasteiger partial charge in [-0.2, -0.15) is 5.26 Å². The van der Waals surface area contributed by atoms with Gasteiger partial charge in [0.2, 0.25) is 15.7 Å². The zero-order valence-electron chi connectivity index (χ0n) is 19.3. The van der Waals surface area contributed by atoms with Gasteiger partial charge in [0.25, 0.3) is 0 Å². The number of rotatable bonds is 5. The van der Waals surface area contributed by atoms with Crippen molar-refractivity contribution in [1.29, 1.82) is 5.26 Å². The van der Waals surface area contributed by atoms with E-state index in [9.17, 15) is 18.5 Å². The molecule has 3 aromatic carbocycles. The minimum absolute atomic E-state index is 0.00513. The maximum atomic E-state index is 13.6. The van der Waals surface area contributed by atoms with E-state index in [-0.39, 0.29) is 27.8 Å². The van der Waals surface area contributed by atoms with E-state index in [1.165, 1.54) is 24.3 Å². The molecule has 5 rings (SSSR count). The van der Waals surface area contributed by atoms with E-state index in [1.54, 1.807) is 55.5 Å². The molecule has 2 aromatic heterocycles. The second kappa shape index (κ2) is 8.91. The van der Waals surface area contributed by atoms with Gasteiger partial charge >= 0.3 is 5.63 Å². The normalized spacial score (nSPS) is 12.4. The van der Waals surface area contributed by atoms with Crippen molar-refractivity contribution >= 4 is 31.8 Å². The van der Waals surface area contributed by atoms with Gasteiger partial charge in [-0.05, 0) is 67.4 Å². The van der Waals surface area contributed by atoms with Gasteiger partial charge in [0.05, 0.1) is 22.0 Å². The third-order valence-electron chi connectivity index (χ3n) is 5.86. The van der Waals surface area contributed by atoms with Crippen molar-refractivity contribution in [3.05, 3.63) is 100 Å². The molecule has 2 heterocycles. The molecule has 0 fully saturated rings. The van der Waals surface area contributed by atoms with Crippen molar-refractivity contribution in [3.63, 3.8) is 0 Å². The molecule has 0 amide bonds. The van der Waals surface area contributed by atoms with E-state index >= 15 is 0 Å². The lowest BCUT2D eigenvalue weighted by molar-refractivity contribution is 0.453. The maximum absolute atomic E-state index is 13.6. The van der Waals surface area contributed by atoms with Gasteiger partial charge in [-0.1, -0.05) is 18.2 Å². The van der Waals surface area contributed by atoms with Crippen molar-refractivity contribution in [2.75, 3.05) is 0 Å². The van der Waals surface area contributed by atoms with Crippen LogP contribution in [0.1, 0.15) is 22.1 Å². The smallest absolute Gasteiger partial charge is 0.336 e. The van der Waals surface area contributed by atoms with Crippen LogP contribution in [-0.4, -0.2) is 18.4 Å². The van der Waals surface area contributed by atoms with Crippen LogP contribution < -0.4 is 10.4 Å². The van der Waals surface area contributed by atoms with Crippen LogP contribution in [0.15, 0.2) is 86.9 Å². The Labute approximate surface area is 206 Å². The van der Waals surface area contributed by atoms with E-state index < -0.39 is 20.7 Å². The molecule has 0 aliphatic carbocycles. The fourth-order valence-corrected chi connectivity index (χ4v) is 5.22. The summed E-state index contributed by atoms with van der Waals surface area (Å²) in [6.07, 6.45) is 0. The first-order valence-corrected chi connectivity index (χ1v) is 12.5. The zero-order chi connectivity index (χ0) is 25.4. The first-order chi connectivity index (χ1) is 17.3. The van der Waals surface area contributed by atoms with Crippen LogP contribution in [0.3, 0.4) is 0 Å². The highest BCUT2D eigenvalue weighted by atomic mass is 32.2. The highest BCUT2D eigenvalue weighted by Gasteiger charge is 2.34. The minimum Gasteiger partial charge on any atom is -0.437 e. The molecule has 0 aliphatic rings. The lowest BCUT2D eigenvalue weighted by Gasteiger charge is -2.16. The minimum atomic E-state index is -4.17. The number of ether oxygens (including phenoxy) is 1. The monoisotopic (exact) mass is 497 g/mol. The van der Waals surface area contributed by atoms with Gasteiger partial charge in [-0.15, -0.1) is 0 Å². The third-order valence-corrected chi connectivity index (χ3v) is 7.72. The second-order valence-corrected chi connectivity index (χ2v) is 10.3. The Kier molecular flexibility index (Phi) is 5.74. The predicted molar refractivity (Wildman–Crippen MR) is 134 cm³/mol. The van der Waals surface area contributed by atoms with E-state index in [2.05, 4.69) is 9.97 Å². The lowest BCUT2D eigenvalue weighted by atomic mass is 10.1. The van der Waals surface area contributed by atoms with Gasteiger partial charge in [0.15, 0.2) is 5.25 Å². The highest BCUT2D eigenvalue weighted by Crippen LogP contribution is 2.36. The number of fused-ring (bicyclic) bond motifs is 2. The number of nitrogens with zero attached hydrogens (tertiary/aromatic N) is 3. The molecule has 9 heteroatoms. The Morgan fingerprint density at radius 1 is 0.917 bits per heavy atom. The molecule has 0 spiro atoms. The predicted octanol–water partition coefficient (Wildman–Crippen LogP) is 5.18. The third kappa shape index (κ3) is 4.19. The van der Waals surface area contributed by atoms with Gasteiger partial charge in [-0.3, -0.25) is 0 Å². The second-order valence-electron chi connectivity index (χ2n) is 8.26. The summed E-state index contributed by atoms with van der Waals surface area (Å²) in [6.45, 7) is 3.68. The number of hydrogen-bond donors (Lipinski definition) is 0. The molecule has 0 unspecified atom stereocenters. The van der Waals surface area contributed by atoms with Crippen LogP contribution in [0.4, 0.5) is 0 Å². The Balaban J connectivity index is 1.67. The van der Waals surface area contributed by atoms with Crippen molar-refractivity contribution in [2.45, 2.75) is 24.0 Å². The van der Waals surface area contributed by atoms with Crippen LogP contribution in [0.5, 0.6) is 11.6 Å². The van der Waals surface area contributed by atoms with E-state index in [4.69, 9.17) is 9.15 Å². The number of aromatic nitrogens is 2. The largest absolute Gasteiger partial charge is 0.437 e. The van der Waals surface area contributed by atoms with Crippen LogP contribution >= 0.6 is 0 Å². The summed E-state index contributed by atoms with van der Waals surface area (Å²) in [6, 6.07) is 21.2. The number of hydrogen-bond acceptors (Lipinski definition) is 8. The first-order valence-electron chi connectivity index (χ1n) is 11.0. The topological polar surface area (TPSA) is 123 Å². The van der Waals surface area contributed by atoms with E-state index in [1.807, 2.05) is 13.0 Å². The number of nitriles is 1. The summed E-state index contributed by atoms with van der Waals surface area (Å²) < 4.78 is 38.4. The standard InChI is InChI=1S/C27H19N3O5S/c1-16-7-11-20(13-17(16)2)36(32,33)24(15-28)26-27(30-22-6-4-3-5-21(22)29-26)34-19-10-8-18-9-12-25(31)35-23(18)14-19/h3-14,24H,1-2H3/t24-/m1/s1. The first kappa shape index (κ1) is 23.2. The average Bonchev–Trinajstić information content (AvgIpc) is 2.86. The molecular weight excluding hydrogens is 478 g/mol. The molecule has 0 radical (unpaired) electrons. The molecule has 0 N–H and O–H groups in total. The summed E-state index contributed by atoms with van der Waals surface area (Å²) >= 11 is 0. The number of para-hydroxylation sites is 2. The fourth-order valence-electron chi connectivity index (χ4n) is 3.76. The SMILES string of the molecule is Cc1ccc(S(=O)(=O)[C@H](C#N)c2nc3ccccc3nc2Oc2ccc3ccc(=O)oc3c2)cc1C. The van der Waals surface area contributed by atoms with Crippen molar-refractivity contribution in [1.82, 2.24) is 9.97 Å². The molecule has 36 heavy (non-hydrogen) atoms. The van der Waals surface area contributed by atoms with Gasteiger partial charge in [0, 0.05) is 17.5 Å². The Bertz CT molecular complexity index is 1860. The van der Waals surface area contributed by atoms with Crippen LogP contribution in [0.25, 0.3) is 22.0 Å². The van der Waals surface area contributed by atoms with Crippen LogP contribution in [-0.2, 0) is 9.84 Å². The van der Waals surface area contributed by atoms with Crippen molar-refractivity contribution in [3.8, 4) is 17.7 Å². The number of benzene rings is 3. The van der Waals surface area contributed by atoms with Crippen molar-refractivity contribution in [2.24, 2.45) is 0 Å². The molecule has 178 valence electrons. The summed E-state index contributed by atoms with van der Waals surface area (Å²) in [5.74, 6) is 0.105. The summed E-state index contributed by atoms with van der Waals surface area (Å²) in [4.78, 5) is 20.6. The molecule has 8 nitrogen and oxygen atoms in total. The molecule has 0 bridgehead atoms. The Morgan fingerprint density at radius 2 is 1.64 bits per heavy atom. The molecular formula is C27H19N3O5S. The summed E-state index contributed by atoms with van der Waals surface area (Å²) in [5.41, 5.74) is 2.23. The molecule has 0 saturated carbocycles. The maximum Gasteiger partial charge on any atom is 0.336 e. The molecule has 0 aliphatic heterocycles. The number of sulfone groups is 1. The van der Waals surface area contributed by atoms with Gasteiger partial charge in [0.1, 0.15) is 17.0 Å². The Morgan fingerprint density at radius 3 is 2.36 bits per heavy atom. The number of aryl methyl sites for hydroxylation is 2. The van der Waals surface area contributed by atoms with Crippen LogP contribution in [0.2, 0.25) is 0 Å². The lowest BCUT2D eigenvalue weighted by Crippen LogP contribution is -2.16.